The maximum Gasteiger partial charge on any atom is 0.352 e. The predicted octanol–water partition coefficient (Wildman–Crippen LogP) is 0.557. The lowest BCUT2D eigenvalue weighted by Gasteiger charge is -2.49. The van der Waals surface area contributed by atoms with Crippen LogP contribution in [0.4, 0.5) is 5.13 Å². The number of anilines is 1. The molecule has 2 aliphatic heterocycles. The summed E-state index contributed by atoms with van der Waals surface area (Å²) in [4.78, 5) is 60.4. The van der Waals surface area contributed by atoms with E-state index in [9.17, 15) is 24.3 Å². The van der Waals surface area contributed by atoms with E-state index in [1.165, 1.54) is 17.1 Å². The van der Waals surface area contributed by atoms with Crippen LogP contribution in [-0.2, 0) is 37.2 Å². The van der Waals surface area contributed by atoms with Crippen molar-refractivity contribution in [3.63, 3.8) is 0 Å². The summed E-state index contributed by atoms with van der Waals surface area (Å²) >= 11 is 3.43. The van der Waals surface area contributed by atoms with Crippen molar-refractivity contribution in [1.29, 1.82) is 0 Å². The van der Waals surface area contributed by atoms with E-state index >= 15 is 0 Å². The van der Waals surface area contributed by atoms with Crippen LogP contribution in [0.5, 0.6) is 0 Å². The van der Waals surface area contributed by atoms with Crippen LogP contribution in [0.2, 0.25) is 0 Å². The largest absolute Gasteiger partial charge is 0.480 e. The third kappa shape index (κ3) is 6.62. The van der Waals surface area contributed by atoms with Crippen LogP contribution in [0.25, 0.3) is 0 Å². The maximum absolute atomic E-state index is 13.3. The summed E-state index contributed by atoms with van der Waals surface area (Å²) in [6.07, 6.45) is 0. The van der Waals surface area contributed by atoms with E-state index in [-0.39, 0.29) is 45.5 Å². The number of aryl methyl sites for hydroxylation is 1. The Kier molecular flexibility index (Phi) is 8.92. The number of β-lactam (4-membered cyclic amide) rings is 1. The fourth-order valence-electron chi connectivity index (χ4n) is 4.14. The minimum atomic E-state index is -1.31. The lowest BCUT2D eigenvalue weighted by atomic mass is 10.0. The number of hydrogen-bond acceptors (Lipinski definition) is 14. The first-order chi connectivity index (χ1) is 20.6. The van der Waals surface area contributed by atoms with E-state index in [1.54, 1.807) is 0 Å². The van der Waals surface area contributed by atoms with Gasteiger partial charge in [-0.1, -0.05) is 46.7 Å². The van der Waals surface area contributed by atoms with E-state index in [0.717, 1.165) is 43.8 Å². The molecular weight excluding hydrogens is 623 g/mol. The summed E-state index contributed by atoms with van der Waals surface area (Å²) in [5, 5.41) is 37.7. The van der Waals surface area contributed by atoms with Gasteiger partial charge in [-0.05, 0) is 28.5 Å². The molecule has 1 aromatic carbocycles. The molecule has 3 aromatic rings. The molecule has 2 amide bonds. The molecule has 16 nitrogen and oxygen atoms in total. The fraction of sp³-hybridized carbons (Fsp3) is 0.292. The smallest absolute Gasteiger partial charge is 0.352 e. The number of nitrogens with one attached hydrogen (secondary N) is 1. The number of amides is 2. The summed E-state index contributed by atoms with van der Waals surface area (Å²) in [7, 11) is 0. The number of carboxylic acid groups (broad SMARTS) is 2. The third-order valence-corrected chi connectivity index (χ3v) is 9.24. The average molecular weight is 646 g/mol. The SMILES string of the molecule is Cc1ccc(CON=C(C(=O)NC2C(=O)N3C(C(=O)O)=C(CSc4nnnn4CC(=O)O)CS[C@@H]23)c2csc(N)n2)cc1. The standard InChI is InChI=1S/C24H23N9O7S3/c1-11-2-4-12(5-3-11)7-40-29-16(14-10-42-23(25)26-14)19(36)27-17-20(37)33-18(22(38)39)13(8-41-21(17)33)9-43-24-28-30-31-32(24)6-15(34)35/h2-5,10,17,21H,6-9H2,1H3,(H2,25,26)(H,27,36)(H,34,35)(H,38,39)/t17?,21-/m0/s1. The fourth-order valence-corrected chi connectivity index (χ4v) is 7.05. The topological polar surface area (TPSA) is 228 Å². The Morgan fingerprint density at radius 1 is 1.26 bits per heavy atom. The first kappa shape index (κ1) is 30.0. The molecule has 0 bridgehead atoms. The molecule has 0 spiro atoms. The molecule has 19 heteroatoms. The van der Waals surface area contributed by atoms with Gasteiger partial charge in [0.25, 0.3) is 11.8 Å². The molecule has 5 rings (SSSR count). The van der Waals surface area contributed by atoms with Crippen LogP contribution in [0.15, 0.2) is 51.2 Å². The Morgan fingerprint density at radius 3 is 2.70 bits per heavy atom. The van der Waals surface area contributed by atoms with Crippen molar-refractivity contribution in [1.82, 2.24) is 35.4 Å². The molecule has 5 N–H and O–H groups in total. The van der Waals surface area contributed by atoms with Gasteiger partial charge in [-0.2, -0.15) is 0 Å². The van der Waals surface area contributed by atoms with Gasteiger partial charge >= 0.3 is 11.9 Å². The summed E-state index contributed by atoms with van der Waals surface area (Å²) in [5.74, 6) is -3.46. The molecule has 2 aliphatic rings. The number of benzene rings is 1. The van der Waals surface area contributed by atoms with Gasteiger partial charge in [0, 0.05) is 16.9 Å². The van der Waals surface area contributed by atoms with Gasteiger partial charge in [-0.25, -0.2) is 14.5 Å². The number of nitrogens with two attached hydrogens (primary N) is 1. The molecule has 1 unspecified atom stereocenters. The van der Waals surface area contributed by atoms with Gasteiger partial charge in [0.05, 0.1) is 0 Å². The minimum absolute atomic E-state index is 0.0848. The number of fused-ring (bicyclic) bond motifs is 1. The Hall–Kier alpha value is -4.49. The number of aliphatic carboxylic acids is 2. The van der Waals surface area contributed by atoms with Crippen molar-refractivity contribution in [3.05, 3.63) is 57.7 Å². The minimum Gasteiger partial charge on any atom is -0.480 e. The number of aromatic nitrogens is 5. The predicted molar refractivity (Wildman–Crippen MR) is 155 cm³/mol. The molecular formula is C24H23N9O7S3. The van der Waals surface area contributed by atoms with Gasteiger partial charge in [-0.3, -0.25) is 19.3 Å². The van der Waals surface area contributed by atoms with Crippen LogP contribution in [0.1, 0.15) is 16.8 Å². The second-order valence-electron chi connectivity index (χ2n) is 9.19. The van der Waals surface area contributed by atoms with E-state index < -0.39 is 41.7 Å². The van der Waals surface area contributed by atoms with E-state index in [1.807, 2.05) is 31.2 Å². The molecule has 224 valence electrons. The van der Waals surface area contributed by atoms with Crippen LogP contribution < -0.4 is 11.1 Å². The lowest BCUT2D eigenvalue weighted by Crippen LogP contribution is -2.71. The number of oxime groups is 1. The number of carbonyl (C=O) groups is 4. The molecule has 2 atom stereocenters. The summed E-state index contributed by atoms with van der Waals surface area (Å²) in [5.41, 5.74) is 7.87. The zero-order chi connectivity index (χ0) is 30.7. The number of rotatable bonds is 12. The third-order valence-electron chi connectivity index (χ3n) is 6.18. The van der Waals surface area contributed by atoms with Gasteiger partial charge < -0.3 is 26.1 Å². The number of thioether (sulfide) groups is 2. The summed E-state index contributed by atoms with van der Waals surface area (Å²) in [6.45, 7) is 1.58. The number of carbonyl (C=O) groups excluding carboxylic acids is 2. The second kappa shape index (κ2) is 12.8. The molecule has 4 heterocycles. The number of hydrogen-bond donors (Lipinski definition) is 4. The zero-order valence-corrected chi connectivity index (χ0v) is 24.7. The number of carboxylic acids is 2. The molecule has 0 aliphatic carbocycles. The number of nitrogen functional groups attached to an aromatic ring is 1. The highest BCUT2D eigenvalue weighted by molar-refractivity contribution is 8.01. The molecule has 0 radical (unpaired) electrons. The van der Waals surface area contributed by atoms with Crippen molar-refractivity contribution in [2.75, 3.05) is 17.2 Å². The summed E-state index contributed by atoms with van der Waals surface area (Å²) in [6, 6.07) is 6.54. The number of nitrogens with zero attached hydrogens (tertiary/aromatic N) is 7. The quantitative estimate of drug-likeness (QED) is 0.0913. The van der Waals surface area contributed by atoms with E-state index in [4.69, 9.17) is 15.7 Å². The molecule has 43 heavy (non-hydrogen) atoms. The highest BCUT2D eigenvalue weighted by Crippen LogP contribution is 2.41. The molecule has 1 saturated heterocycles. The van der Waals surface area contributed by atoms with Crippen LogP contribution in [0, 0.1) is 6.92 Å². The first-order valence-corrected chi connectivity index (χ1v) is 15.3. The molecule has 1 fully saturated rings. The van der Waals surface area contributed by atoms with Crippen LogP contribution in [0.3, 0.4) is 0 Å². The number of tetrazole rings is 1. The Labute approximate surface area is 255 Å². The first-order valence-electron chi connectivity index (χ1n) is 12.4. The normalized spacial score (nSPS) is 18.2. The van der Waals surface area contributed by atoms with Gasteiger partial charge in [0.1, 0.15) is 36.0 Å². The van der Waals surface area contributed by atoms with E-state index in [0.29, 0.717) is 5.57 Å². The average Bonchev–Trinajstić information content (AvgIpc) is 3.60. The Balaban J connectivity index is 1.28. The van der Waals surface area contributed by atoms with Crippen LogP contribution >= 0.6 is 34.9 Å². The summed E-state index contributed by atoms with van der Waals surface area (Å²) < 4.78 is 1.08. The van der Waals surface area contributed by atoms with Gasteiger partial charge in [-0.15, -0.1) is 28.2 Å². The Bertz CT molecular complexity index is 1640. The molecule has 2 aromatic heterocycles. The Morgan fingerprint density at radius 2 is 2.02 bits per heavy atom. The lowest BCUT2D eigenvalue weighted by molar-refractivity contribution is -0.150. The van der Waals surface area contributed by atoms with Crippen molar-refractivity contribution >= 4 is 69.5 Å². The van der Waals surface area contributed by atoms with Gasteiger partial charge in [0.15, 0.2) is 10.8 Å². The van der Waals surface area contributed by atoms with Crippen molar-refractivity contribution in [3.8, 4) is 0 Å². The maximum atomic E-state index is 13.3. The second-order valence-corrected chi connectivity index (χ2v) is 12.1. The highest BCUT2D eigenvalue weighted by Gasteiger charge is 2.54. The zero-order valence-electron chi connectivity index (χ0n) is 22.2. The van der Waals surface area contributed by atoms with Gasteiger partial charge in [0.2, 0.25) is 5.16 Å². The van der Waals surface area contributed by atoms with Crippen molar-refractivity contribution in [2.45, 2.75) is 36.6 Å². The van der Waals surface area contributed by atoms with Crippen molar-refractivity contribution in [2.24, 2.45) is 5.16 Å². The van der Waals surface area contributed by atoms with Crippen molar-refractivity contribution < 1.29 is 34.2 Å². The number of thiazole rings is 1. The van der Waals surface area contributed by atoms with Crippen LogP contribution in [-0.4, -0.2) is 92.7 Å². The van der Waals surface area contributed by atoms with E-state index in [2.05, 4.69) is 31.0 Å². The molecule has 0 saturated carbocycles. The highest BCUT2D eigenvalue weighted by atomic mass is 32.2. The monoisotopic (exact) mass is 645 g/mol.